The van der Waals surface area contributed by atoms with Crippen molar-refractivity contribution in [3.05, 3.63) is 29.8 Å². The van der Waals surface area contributed by atoms with Gasteiger partial charge in [0.15, 0.2) is 0 Å². The summed E-state index contributed by atoms with van der Waals surface area (Å²) in [7, 11) is 4.92. The fraction of sp³-hybridized carbons (Fsp3) is 0.467. The first-order valence-corrected chi connectivity index (χ1v) is 6.53. The number of nitrogens with one attached hydrogen (secondary N) is 1. The molecule has 0 saturated carbocycles. The van der Waals surface area contributed by atoms with Crippen LogP contribution in [0.3, 0.4) is 0 Å². The molecule has 0 radical (unpaired) electrons. The topological polar surface area (TPSA) is 58.6 Å². The average molecular weight is 278 g/mol. The molecule has 110 valence electrons. The summed E-state index contributed by atoms with van der Waals surface area (Å²) < 4.78 is 5.05. The van der Waals surface area contributed by atoms with E-state index in [4.69, 9.17) is 4.74 Å². The molecular formula is C15H22N2O3. The van der Waals surface area contributed by atoms with Gasteiger partial charge >= 0.3 is 0 Å². The molecule has 1 aromatic carbocycles. The number of hydrogen-bond acceptors (Lipinski definition) is 3. The van der Waals surface area contributed by atoms with Gasteiger partial charge in [-0.3, -0.25) is 9.59 Å². The SMILES string of the molecule is COc1ccc(C(=O)N[C@H](C(=O)N(C)C)C(C)C)cc1. The predicted octanol–water partition coefficient (Wildman–Crippen LogP) is 1.54. The second-order valence-electron chi connectivity index (χ2n) is 5.16. The third kappa shape index (κ3) is 3.98. The van der Waals surface area contributed by atoms with Gasteiger partial charge in [-0.1, -0.05) is 13.8 Å². The molecule has 0 fully saturated rings. The number of benzene rings is 1. The first kappa shape index (κ1) is 16.0. The van der Waals surface area contributed by atoms with E-state index in [-0.39, 0.29) is 17.7 Å². The molecule has 0 aromatic heterocycles. The van der Waals surface area contributed by atoms with Gasteiger partial charge in [0.25, 0.3) is 5.91 Å². The Morgan fingerprint density at radius 1 is 1.15 bits per heavy atom. The first-order chi connectivity index (χ1) is 9.36. The summed E-state index contributed by atoms with van der Waals surface area (Å²) >= 11 is 0. The monoisotopic (exact) mass is 278 g/mol. The van der Waals surface area contributed by atoms with Crippen molar-refractivity contribution in [1.29, 1.82) is 0 Å². The lowest BCUT2D eigenvalue weighted by molar-refractivity contribution is -0.131. The number of hydrogen-bond donors (Lipinski definition) is 1. The van der Waals surface area contributed by atoms with Crippen LogP contribution in [-0.2, 0) is 4.79 Å². The summed E-state index contributed by atoms with van der Waals surface area (Å²) in [4.78, 5) is 25.7. The Balaban J connectivity index is 2.82. The minimum Gasteiger partial charge on any atom is -0.497 e. The van der Waals surface area contributed by atoms with Crippen molar-refractivity contribution >= 4 is 11.8 Å². The van der Waals surface area contributed by atoms with Gasteiger partial charge in [0.05, 0.1) is 7.11 Å². The van der Waals surface area contributed by atoms with E-state index in [0.717, 1.165) is 0 Å². The molecule has 5 nitrogen and oxygen atoms in total. The van der Waals surface area contributed by atoms with E-state index >= 15 is 0 Å². The molecule has 0 aliphatic carbocycles. The van der Waals surface area contributed by atoms with Crippen LogP contribution in [0.5, 0.6) is 5.75 Å². The zero-order valence-corrected chi connectivity index (χ0v) is 12.6. The van der Waals surface area contributed by atoms with Crippen molar-refractivity contribution in [2.75, 3.05) is 21.2 Å². The molecule has 1 atom stereocenters. The van der Waals surface area contributed by atoms with E-state index in [1.165, 1.54) is 4.90 Å². The fourth-order valence-electron chi connectivity index (χ4n) is 1.76. The third-order valence-corrected chi connectivity index (χ3v) is 3.01. The van der Waals surface area contributed by atoms with Crippen LogP contribution in [0.2, 0.25) is 0 Å². The van der Waals surface area contributed by atoms with Crippen LogP contribution >= 0.6 is 0 Å². The van der Waals surface area contributed by atoms with E-state index in [1.807, 2.05) is 13.8 Å². The summed E-state index contributed by atoms with van der Waals surface area (Å²) in [5.41, 5.74) is 0.503. The van der Waals surface area contributed by atoms with Gasteiger partial charge in [0, 0.05) is 19.7 Å². The Hall–Kier alpha value is -2.04. The smallest absolute Gasteiger partial charge is 0.251 e. The van der Waals surface area contributed by atoms with Gasteiger partial charge in [-0.25, -0.2) is 0 Å². The Bertz CT molecular complexity index is 467. The Morgan fingerprint density at radius 3 is 2.10 bits per heavy atom. The van der Waals surface area contributed by atoms with Crippen molar-refractivity contribution in [3.8, 4) is 5.75 Å². The van der Waals surface area contributed by atoms with Crippen molar-refractivity contribution in [1.82, 2.24) is 10.2 Å². The number of rotatable bonds is 5. The van der Waals surface area contributed by atoms with Gasteiger partial charge in [-0.05, 0) is 30.2 Å². The molecule has 1 N–H and O–H groups in total. The lowest BCUT2D eigenvalue weighted by Gasteiger charge is -2.24. The summed E-state index contributed by atoms with van der Waals surface area (Å²) in [6.07, 6.45) is 0. The number of likely N-dealkylation sites (N-methyl/N-ethyl adjacent to an activating group) is 1. The highest BCUT2D eigenvalue weighted by Crippen LogP contribution is 2.12. The predicted molar refractivity (Wildman–Crippen MR) is 77.8 cm³/mol. The fourth-order valence-corrected chi connectivity index (χ4v) is 1.76. The van der Waals surface area contributed by atoms with E-state index in [2.05, 4.69) is 5.32 Å². The zero-order chi connectivity index (χ0) is 15.3. The Labute approximate surface area is 119 Å². The molecule has 0 saturated heterocycles. The molecule has 0 bridgehead atoms. The van der Waals surface area contributed by atoms with E-state index < -0.39 is 6.04 Å². The quantitative estimate of drug-likeness (QED) is 0.888. The molecule has 20 heavy (non-hydrogen) atoms. The highest BCUT2D eigenvalue weighted by Gasteiger charge is 2.25. The summed E-state index contributed by atoms with van der Waals surface area (Å²) in [6.45, 7) is 3.81. The highest BCUT2D eigenvalue weighted by molar-refractivity contribution is 5.97. The molecule has 2 amide bonds. The minimum absolute atomic E-state index is 0.0205. The molecule has 1 aromatic rings. The van der Waals surface area contributed by atoms with Gasteiger partial charge in [0.2, 0.25) is 5.91 Å². The molecule has 5 heteroatoms. The van der Waals surface area contributed by atoms with Crippen molar-refractivity contribution in [2.24, 2.45) is 5.92 Å². The van der Waals surface area contributed by atoms with Gasteiger partial charge in [-0.2, -0.15) is 0 Å². The first-order valence-electron chi connectivity index (χ1n) is 6.53. The summed E-state index contributed by atoms with van der Waals surface area (Å²) in [5.74, 6) is 0.335. The number of nitrogens with zero attached hydrogens (tertiary/aromatic N) is 1. The minimum atomic E-state index is -0.528. The molecule has 0 aliphatic rings. The van der Waals surface area contributed by atoms with Crippen molar-refractivity contribution < 1.29 is 14.3 Å². The van der Waals surface area contributed by atoms with Crippen molar-refractivity contribution in [2.45, 2.75) is 19.9 Å². The lowest BCUT2D eigenvalue weighted by Crippen LogP contribution is -2.49. The van der Waals surface area contributed by atoms with Crippen LogP contribution in [0.15, 0.2) is 24.3 Å². The highest BCUT2D eigenvalue weighted by atomic mass is 16.5. The Kier molecular flexibility index (Phi) is 5.55. The van der Waals surface area contributed by atoms with Gasteiger partial charge in [-0.15, -0.1) is 0 Å². The van der Waals surface area contributed by atoms with Gasteiger partial charge < -0.3 is 15.0 Å². The van der Waals surface area contributed by atoms with Crippen LogP contribution in [0.4, 0.5) is 0 Å². The molecule has 0 spiro atoms. The van der Waals surface area contributed by atoms with E-state index in [9.17, 15) is 9.59 Å². The zero-order valence-electron chi connectivity index (χ0n) is 12.6. The number of carbonyl (C=O) groups is 2. The maximum Gasteiger partial charge on any atom is 0.251 e. The number of methoxy groups -OCH3 is 1. The summed E-state index contributed by atoms with van der Waals surface area (Å²) in [6, 6.07) is 6.25. The third-order valence-electron chi connectivity index (χ3n) is 3.01. The van der Waals surface area contributed by atoms with E-state index in [1.54, 1.807) is 45.5 Å². The van der Waals surface area contributed by atoms with Crippen LogP contribution < -0.4 is 10.1 Å². The lowest BCUT2D eigenvalue weighted by atomic mass is 10.0. The van der Waals surface area contributed by atoms with Crippen molar-refractivity contribution in [3.63, 3.8) is 0 Å². The molecule has 0 unspecified atom stereocenters. The maximum atomic E-state index is 12.2. The molecule has 1 rings (SSSR count). The molecule has 0 heterocycles. The van der Waals surface area contributed by atoms with Crippen LogP contribution in [0.25, 0.3) is 0 Å². The van der Waals surface area contributed by atoms with E-state index in [0.29, 0.717) is 11.3 Å². The van der Waals surface area contributed by atoms with Crippen LogP contribution in [0, 0.1) is 5.92 Å². The van der Waals surface area contributed by atoms with Crippen LogP contribution in [-0.4, -0.2) is 44.0 Å². The number of carbonyl (C=O) groups excluding carboxylic acids is 2. The largest absolute Gasteiger partial charge is 0.497 e. The number of ether oxygens (including phenoxy) is 1. The normalized spacial score (nSPS) is 11.9. The Morgan fingerprint density at radius 2 is 1.70 bits per heavy atom. The maximum absolute atomic E-state index is 12.2. The summed E-state index contributed by atoms with van der Waals surface area (Å²) in [5, 5.41) is 2.78. The van der Waals surface area contributed by atoms with Crippen LogP contribution in [0.1, 0.15) is 24.2 Å². The standard InChI is InChI=1S/C15H22N2O3/c1-10(2)13(15(19)17(3)4)16-14(18)11-6-8-12(20-5)9-7-11/h6-10,13H,1-5H3,(H,16,18)/t13-/m0/s1. The molecule has 0 aliphatic heterocycles. The molecular weight excluding hydrogens is 256 g/mol. The van der Waals surface area contributed by atoms with Gasteiger partial charge in [0.1, 0.15) is 11.8 Å². The average Bonchev–Trinajstić information content (AvgIpc) is 2.43. The second-order valence-corrected chi connectivity index (χ2v) is 5.16. The second kappa shape index (κ2) is 6.93. The number of amides is 2.